The highest BCUT2D eigenvalue weighted by molar-refractivity contribution is 7.89. The van der Waals surface area contributed by atoms with Crippen LogP contribution in [0, 0.1) is 18.7 Å². The van der Waals surface area contributed by atoms with Crippen molar-refractivity contribution in [2.24, 2.45) is 11.1 Å². The second kappa shape index (κ2) is 5.38. The van der Waals surface area contributed by atoms with Crippen molar-refractivity contribution in [2.45, 2.75) is 38.1 Å². The summed E-state index contributed by atoms with van der Waals surface area (Å²) in [6, 6.07) is 2.16. The summed E-state index contributed by atoms with van der Waals surface area (Å²) in [7, 11) is -3.98. The number of nitrogens with two attached hydrogens (primary N) is 1. The zero-order valence-corrected chi connectivity index (χ0v) is 13.1. The molecule has 1 aliphatic rings. The minimum absolute atomic E-state index is 0.00495. The van der Waals surface area contributed by atoms with Crippen molar-refractivity contribution in [1.82, 2.24) is 4.90 Å². The van der Waals surface area contributed by atoms with Gasteiger partial charge in [0.15, 0.2) is 0 Å². The van der Waals surface area contributed by atoms with E-state index in [1.807, 2.05) is 13.8 Å². The van der Waals surface area contributed by atoms with Crippen molar-refractivity contribution in [1.29, 1.82) is 0 Å². The summed E-state index contributed by atoms with van der Waals surface area (Å²) < 4.78 is 37.1. The van der Waals surface area contributed by atoms with Gasteiger partial charge in [-0.25, -0.2) is 17.9 Å². The summed E-state index contributed by atoms with van der Waals surface area (Å²) in [6.45, 7) is 5.87. The van der Waals surface area contributed by atoms with Crippen molar-refractivity contribution >= 4 is 15.9 Å². The minimum Gasteiger partial charge on any atom is -0.336 e. The molecule has 0 saturated carbocycles. The van der Waals surface area contributed by atoms with Gasteiger partial charge >= 0.3 is 0 Å². The van der Waals surface area contributed by atoms with Crippen LogP contribution in [0.15, 0.2) is 17.0 Å². The molecule has 0 spiro atoms. The number of likely N-dealkylation sites (tertiary alicyclic amines) is 1. The maximum Gasteiger partial charge on any atom is 0.257 e. The van der Waals surface area contributed by atoms with Crippen LogP contribution in [0.2, 0.25) is 0 Å². The van der Waals surface area contributed by atoms with Crippen molar-refractivity contribution in [3.05, 3.63) is 29.1 Å². The first-order valence-corrected chi connectivity index (χ1v) is 8.29. The summed E-state index contributed by atoms with van der Waals surface area (Å²) >= 11 is 0. The van der Waals surface area contributed by atoms with E-state index in [0.29, 0.717) is 12.5 Å². The molecule has 1 aromatic carbocycles. The number of halogens is 1. The molecule has 7 heteroatoms. The van der Waals surface area contributed by atoms with Gasteiger partial charge in [0.2, 0.25) is 10.0 Å². The molecule has 0 radical (unpaired) electrons. The second-order valence-corrected chi connectivity index (χ2v) is 7.36. The first-order valence-electron chi connectivity index (χ1n) is 6.75. The smallest absolute Gasteiger partial charge is 0.257 e. The Labute approximate surface area is 124 Å². The van der Waals surface area contributed by atoms with Gasteiger partial charge < -0.3 is 4.90 Å². The fourth-order valence-electron chi connectivity index (χ4n) is 2.79. The number of carbonyl (C=O) groups excluding carboxylic acids is 1. The number of hydrogen-bond donors (Lipinski definition) is 1. The lowest BCUT2D eigenvalue weighted by Gasteiger charge is -2.22. The highest BCUT2D eigenvalue weighted by Gasteiger charge is 2.32. The van der Waals surface area contributed by atoms with Gasteiger partial charge in [0.05, 0.1) is 10.5 Å². The summed E-state index contributed by atoms with van der Waals surface area (Å²) in [4.78, 5) is 13.8. The second-order valence-electron chi connectivity index (χ2n) is 5.79. The Kier molecular flexibility index (Phi) is 4.08. The molecule has 2 atom stereocenters. The van der Waals surface area contributed by atoms with E-state index >= 15 is 0 Å². The molecule has 0 aromatic heterocycles. The quantitative estimate of drug-likeness (QED) is 0.901. The molecule has 2 rings (SSSR count). The topological polar surface area (TPSA) is 80.5 Å². The highest BCUT2D eigenvalue weighted by Crippen LogP contribution is 2.27. The van der Waals surface area contributed by atoms with E-state index < -0.39 is 21.7 Å². The van der Waals surface area contributed by atoms with E-state index in [1.165, 1.54) is 6.92 Å². The van der Waals surface area contributed by atoms with Crippen LogP contribution in [0.4, 0.5) is 4.39 Å². The van der Waals surface area contributed by atoms with Gasteiger partial charge in [0, 0.05) is 12.6 Å². The van der Waals surface area contributed by atoms with Gasteiger partial charge in [0.25, 0.3) is 5.91 Å². The third-order valence-corrected chi connectivity index (χ3v) is 4.72. The Bertz CT molecular complexity index is 688. The van der Waals surface area contributed by atoms with Crippen LogP contribution < -0.4 is 5.14 Å². The molecule has 2 unspecified atom stereocenters. The molecule has 21 heavy (non-hydrogen) atoms. The number of nitrogens with zero attached hydrogens (tertiary/aromatic N) is 1. The predicted molar refractivity (Wildman–Crippen MR) is 76.8 cm³/mol. The van der Waals surface area contributed by atoms with Crippen LogP contribution >= 0.6 is 0 Å². The van der Waals surface area contributed by atoms with E-state index in [0.717, 1.165) is 18.6 Å². The standard InChI is InChI=1S/C14H19FN2O3S/c1-8-4-10(3)17(7-8)14(18)12-6-11(21(16,19)20)5-9(2)13(12)15/h5-6,8,10H,4,7H2,1-3H3,(H2,16,19,20). The van der Waals surface area contributed by atoms with Crippen LogP contribution in [0.3, 0.4) is 0 Å². The maximum atomic E-state index is 14.2. The summed E-state index contributed by atoms with van der Waals surface area (Å²) in [5.74, 6) is -0.841. The SMILES string of the molecule is Cc1cc(S(N)(=O)=O)cc(C(=O)N2CC(C)CC2C)c1F. The lowest BCUT2D eigenvalue weighted by Crippen LogP contribution is -2.34. The van der Waals surface area contributed by atoms with Crippen LogP contribution in [0.5, 0.6) is 0 Å². The molecule has 2 N–H and O–H groups in total. The molecule has 1 fully saturated rings. The lowest BCUT2D eigenvalue weighted by atomic mass is 10.1. The van der Waals surface area contributed by atoms with Crippen molar-refractivity contribution < 1.29 is 17.6 Å². The molecule has 1 heterocycles. The minimum atomic E-state index is -3.98. The van der Waals surface area contributed by atoms with Gasteiger partial charge in [-0.3, -0.25) is 4.79 Å². The fraction of sp³-hybridized carbons (Fsp3) is 0.500. The zero-order chi connectivity index (χ0) is 15.9. The molecule has 1 aromatic rings. The monoisotopic (exact) mass is 314 g/mol. The zero-order valence-electron chi connectivity index (χ0n) is 12.3. The Balaban J connectivity index is 2.48. The first kappa shape index (κ1) is 15.9. The van der Waals surface area contributed by atoms with Gasteiger partial charge in [-0.15, -0.1) is 0 Å². The number of aryl methyl sites for hydroxylation is 1. The van der Waals surface area contributed by atoms with Gasteiger partial charge in [-0.05, 0) is 43.9 Å². The maximum absolute atomic E-state index is 14.2. The van der Waals surface area contributed by atoms with E-state index in [-0.39, 0.29) is 22.1 Å². The number of amides is 1. The molecule has 0 aliphatic carbocycles. The summed E-state index contributed by atoms with van der Waals surface area (Å²) in [5, 5.41) is 5.07. The Morgan fingerprint density at radius 2 is 2.00 bits per heavy atom. The van der Waals surface area contributed by atoms with Crippen molar-refractivity contribution in [2.75, 3.05) is 6.54 Å². The average molecular weight is 314 g/mol. The van der Waals surface area contributed by atoms with E-state index in [9.17, 15) is 17.6 Å². The third-order valence-electron chi connectivity index (χ3n) is 3.83. The normalized spacial score (nSPS) is 22.6. The predicted octanol–water partition coefficient (Wildman–Crippen LogP) is 1.65. The van der Waals surface area contributed by atoms with Crippen LogP contribution in [-0.2, 0) is 10.0 Å². The Morgan fingerprint density at radius 1 is 1.38 bits per heavy atom. The van der Waals surface area contributed by atoms with Crippen molar-refractivity contribution in [3.8, 4) is 0 Å². The third kappa shape index (κ3) is 3.08. The summed E-state index contributed by atoms with van der Waals surface area (Å²) in [5.41, 5.74) is -0.148. The van der Waals surface area contributed by atoms with E-state index in [2.05, 4.69) is 0 Å². The molecule has 5 nitrogen and oxygen atoms in total. The Morgan fingerprint density at radius 3 is 2.48 bits per heavy atom. The van der Waals surface area contributed by atoms with Crippen molar-refractivity contribution in [3.63, 3.8) is 0 Å². The number of rotatable bonds is 2. The summed E-state index contributed by atoms with van der Waals surface area (Å²) in [6.07, 6.45) is 0.848. The van der Waals surface area contributed by atoms with Gasteiger partial charge in [-0.2, -0.15) is 0 Å². The molecule has 1 saturated heterocycles. The number of hydrogen-bond acceptors (Lipinski definition) is 3. The van der Waals surface area contributed by atoms with Gasteiger partial charge in [-0.1, -0.05) is 6.92 Å². The molecule has 1 aliphatic heterocycles. The Hall–Kier alpha value is -1.47. The number of sulfonamides is 1. The number of benzene rings is 1. The molecular weight excluding hydrogens is 295 g/mol. The molecule has 0 bridgehead atoms. The lowest BCUT2D eigenvalue weighted by molar-refractivity contribution is 0.0738. The van der Waals surface area contributed by atoms with E-state index in [4.69, 9.17) is 5.14 Å². The van der Waals surface area contributed by atoms with Crippen LogP contribution in [0.25, 0.3) is 0 Å². The molecule has 116 valence electrons. The first-order chi connectivity index (χ1) is 9.61. The van der Waals surface area contributed by atoms with Crippen LogP contribution in [-0.4, -0.2) is 31.8 Å². The highest BCUT2D eigenvalue weighted by atomic mass is 32.2. The van der Waals surface area contributed by atoms with E-state index in [1.54, 1.807) is 4.90 Å². The number of carbonyl (C=O) groups is 1. The average Bonchev–Trinajstić information content (AvgIpc) is 2.69. The molecular formula is C14H19FN2O3S. The largest absolute Gasteiger partial charge is 0.336 e. The van der Waals surface area contributed by atoms with Gasteiger partial charge in [0.1, 0.15) is 5.82 Å². The number of primary sulfonamides is 1. The fourth-order valence-corrected chi connectivity index (χ4v) is 3.42. The molecule has 1 amide bonds. The van der Waals surface area contributed by atoms with Crippen LogP contribution in [0.1, 0.15) is 36.2 Å².